The van der Waals surface area contributed by atoms with Crippen molar-refractivity contribution in [3.8, 4) is 5.69 Å². The SMILES string of the molecule is O=c1cc(CSc2nnnn2-c2cccc(F)c2)c2ccc(Br)cc2o1. The molecule has 0 N–H and O–H groups in total. The van der Waals surface area contributed by atoms with E-state index >= 15 is 0 Å². The van der Waals surface area contributed by atoms with Crippen molar-refractivity contribution in [1.29, 1.82) is 0 Å². The zero-order valence-corrected chi connectivity index (χ0v) is 15.5. The van der Waals surface area contributed by atoms with Gasteiger partial charge < -0.3 is 4.42 Å². The van der Waals surface area contributed by atoms with E-state index in [4.69, 9.17) is 4.42 Å². The van der Waals surface area contributed by atoms with Crippen LogP contribution in [0.3, 0.4) is 0 Å². The molecule has 26 heavy (non-hydrogen) atoms. The van der Waals surface area contributed by atoms with Crippen LogP contribution < -0.4 is 5.63 Å². The van der Waals surface area contributed by atoms with Gasteiger partial charge in [-0.15, -0.1) is 5.10 Å². The van der Waals surface area contributed by atoms with E-state index in [9.17, 15) is 9.18 Å². The van der Waals surface area contributed by atoms with Crippen molar-refractivity contribution >= 4 is 38.7 Å². The summed E-state index contributed by atoms with van der Waals surface area (Å²) in [5, 5.41) is 12.9. The summed E-state index contributed by atoms with van der Waals surface area (Å²) in [5.41, 5.74) is 1.42. The lowest BCUT2D eigenvalue weighted by molar-refractivity contribution is 0.559. The van der Waals surface area contributed by atoms with Crippen LogP contribution in [0.4, 0.5) is 4.39 Å². The van der Waals surface area contributed by atoms with Crippen LogP contribution in [0.2, 0.25) is 0 Å². The highest BCUT2D eigenvalue weighted by molar-refractivity contribution is 9.10. The van der Waals surface area contributed by atoms with Gasteiger partial charge >= 0.3 is 5.63 Å². The van der Waals surface area contributed by atoms with Crippen LogP contribution in [0.25, 0.3) is 16.7 Å². The first kappa shape index (κ1) is 16.9. The molecule has 0 unspecified atom stereocenters. The molecular formula is C17H10BrFN4O2S. The standard InChI is InChI=1S/C17H10BrFN4O2S/c18-11-4-5-14-10(6-16(24)25-15(14)7-11)9-26-17-20-21-22-23(17)13-3-1-2-12(19)8-13/h1-8H,9H2. The molecule has 0 atom stereocenters. The Morgan fingerprint density at radius 2 is 2.08 bits per heavy atom. The third kappa shape index (κ3) is 3.40. The maximum absolute atomic E-state index is 13.5. The van der Waals surface area contributed by atoms with Crippen molar-refractivity contribution in [3.63, 3.8) is 0 Å². The van der Waals surface area contributed by atoms with E-state index in [1.165, 1.54) is 34.6 Å². The normalized spacial score (nSPS) is 11.2. The molecule has 0 aliphatic rings. The number of rotatable bonds is 4. The van der Waals surface area contributed by atoms with Crippen molar-refractivity contribution < 1.29 is 8.81 Å². The largest absolute Gasteiger partial charge is 0.423 e. The van der Waals surface area contributed by atoms with Gasteiger partial charge in [0.15, 0.2) is 0 Å². The summed E-state index contributed by atoms with van der Waals surface area (Å²) in [4.78, 5) is 11.8. The van der Waals surface area contributed by atoms with Gasteiger partial charge in [0, 0.05) is 21.7 Å². The zero-order valence-electron chi connectivity index (χ0n) is 13.1. The molecule has 2 aromatic heterocycles. The molecule has 2 aromatic carbocycles. The molecule has 0 aliphatic carbocycles. The van der Waals surface area contributed by atoms with Crippen LogP contribution in [0.15, 0.2) is 67.4 Å². The first-order valence-electron chi connectivity index (χ1n) is 7.49. The number of halogens is 2. The molecule has 0 saturated carbocycles. The summed E-state index contributed by atoms with van der Waals surface area (Å²) in [6.07, 6.45) is 0. The fourth-order valence-corrected chi connectivity index (χ4v) is 3.73. The van der Waals surface area contributed by atoms with Gasteiger partial charge in [0.1, 0.15) is 11.4 Å². The molecule has 0 amide bonds. The van der Waals surface area contributed by atoms with Gasteiger partial charge in [-0.05, 0) is 52.4 Å². The molecule has 4 aromatic rings. The van der Waals surface area contributed by atoms with Crippen LogP contribution >= 0.6 is 27.7 Å². The second-order valence-electron chi connectivity index (χ2n) is 5.37. The quantitative estimate of drug-likeness (QED) is 0.358. The Bertz CT molecular complexity index is 1160. The van der Waals surface area contributed by atoms with Crippen molar-refractivity contribution in [1.82, 2.24) is 20.2 Å². The average Bonchev–Trinajstić information content (AvgIpc) is 3.07. The predicted octanol–water partition coefficient (Wildman–Crippen LogP) is 3.96. The highest BCUT2D eigenvalue weighted by Gasteiger charge is 2.12. The number of thioether (sulfide) groups is 1. The van der Waals surface area contributed by atoms with Gasteiger partial charge in [0.05, 0.1) is 5.69 Å². The Balaban J connectivity index is 1.66. The molecule has 0 radical (unpaired) electrons. The lowest BCUT2D eigenvalue weighted by Crippen LogP contribution is -2.02. The van der Waals surface area contributed by atoms with Crippen LogP contribution in [-0.4, -0.2) is 20.2 Å². The monoisotopic (exact) mass is 432 g/mol. The van der Waals surface area contributed by atoms with Crippen molar-refractivity contribution in [2.24, 2.45) is 0 Å². The van der Waals surface area contributed by atoms with Crippen LogP contribution in [0, 0.1) is 5.82 Å². The summed E-state index contributed by atoms with van der Waals surface area (Å²) in [5.74, 6) is 0.0885. The minimum absolute atomic E-state index is 0.369. The van der Waals surface area contributed by atoms with Gasteiger partial charge in [0.2, 0.25) is 5.16 Å². The maximum atomic E-state index is 13.5. The lowest BCUT2D eigenvalue weighted by atomic mass is 10.1. The topological polar surface area (TPSA) is 73.8 Å². The fraction of sp³-hybridized carbons (Fsp3) is 0.0588. The van der Waals surface area contributed by atoms with Crippen molar-refractivity contribution in [2.45, 2.75) is 10.9 Å². The molecule has 0 bridgehead atoms. The molecular weight excluding hydrogens is 423 g/mol. The molecule has 0 saturated heterocycles. The summed E-state index contributed by atoms with van der Waals surface area (Å²) in [6.45, 7) is 0. The molecule has 0 aliphatic heterocycles. The highest BCUT2D eigenvalue weighted by Crippen LogP contribution is 2.27. The second kappa shape index (κ2) is 7.00. The van der Waals surface area contributed by atoms with E-state index in [1.54, 1.807) is 18.2 Å². The highest BCUT2D eigenvalue weighted by atomic mass is 79.9. The minimum atomic E-state index is -0.420. The smallest absolute Gasteiger partial charge is 0.336 e. The Morgan fingerprint density at radius 3 is 2.92 bits per heavy atom. The predicted molar refractivity (Wildman–Crippen MR) is 98.9 cm³/mol. The molecule has 130 valence electrons. The minimum Gasteiger partial charge on any atom is -0.423 e. The number of hydrogen-bond donors (Lipinski definition) is 0. The molecule has 0 fully saturated rings. The molecule has 2 heterocycles. The van der Waals surface area contributed by atoms with Crippen LogP contribution in [0.1, 0.15) is 5.56 Å². The van der Waals surface area contributed by atoms with Crippen LogP contribution in [0.5, 0.6) is 0 Å². The zero-order chi connectivity index (χ0) is 18.1. The van der Waals surface area contributed by atoms with E-state index in [0.29, 0.717) is 22.2 Å². The molecule has 0 spiro atoms. The van der Waals surface area contributed by atoms with Gasteiger partial charge in [-0.3, -0.25) is 0 Å². The Labute approximate surface area is 159 Å². The number of tetrazole rings is 1. The van der Waals surface area contributed by atoms with Gasteiger partial charge in [-0.25, -0.2) is 9.18 Å². The van der Waals surface area contributed by atoms with Crippen molar-refractivity contribution in [3.05, 3.63) is 74.8 Å². The Kier molecular flexibility index (Phi) is 4.56. The Hall–Kier alpha value is -2.52. The van der Waals surface area contributed by atoms with Crippen LogP contribution in [-0.2, 0) is 5.75 Å². The third-order valence-electron chi connectivity index (χ3n) is 3.64. The lowest BCUT2D eigenvalue weighted by Gasteiger charge is -2.06. The number of nitrogens with zero attached hydrogens (tertiary/aromatic N) is 4. The van der Waals surface area contributed by atoms with E-state index in [-0.39, 0.29) is 5.82 Å². The first-order chi connectivity index (χ1) is 12.6. The fourth-order valence-electron chi connectivity index (χ4n) is 2.50. The first-order valence-corrected chi connectivity index (χ1v) is 9.27. The van der Waals surface area contributed by atoms with Gasteiger partial charge in [-0.2, -0.15) is 4.68 Å². The van der Waals surface area contributed by atoms with E-state index in [2.05, 4.69) is 31.5 Å². The van der Waals surface area contributed by atoms with E-state index < -0.39 is 5.63 Å². The Morgan fingerprint density at radius 1 is 1.19 bits per heavy atom. The van der Waals surface area contributed by atoms with E-state index in [1.807, 2.05) is 12.1 Å². The van der Waals surface area contributed by atoms with Gasteiger partial charge in [0.25, 0.3) is 0 Å². The number of fused-ring (bicyclic) bond motifs is 1. The third-order valence-corrected chi connectivity index (χ3v) is 5.10. The number of benzene rings is 2. The summed E-state index contributed by atoms with van der Waals surface area (Å²) in [6, 6.07) is 13.0. The van der Waals surface area contributed by atoms with E-state index in [0.717, 1.165) is 15.4 Å². The maximum Gasteiger partial charge on any atom is 0.336 e. The molecule has 9 heteroatoms. The number of hydrogen-bond acceptors (Lipinski definition) is 6. The average molecular weight is 433 g/mol. The summed E-state index contributed by atoms with van der Waals surface area (Å²) >= 11 is 4.71. The van der Waals surface area contributed by atoms with Crippen molar-refractivity contribution in [2.75, 3.05) is 0 Å². The summed E-state index contributed by atoms with van der Waals surface area (Å²) < 4.78 is 21.0. The van der Waals surface area contributed by atoms with Gasteiger partial charge in [-0.1, -0.05) is 33.8 Å². The number of aromatic nitrogens is 4. The summed E-state index contributed by atoms with van der Waals surface area (Å²) in [7, 11) is 0. The molecule has 4 rings (SSSR count). The molecule has 6 nitrogen and oxygen atoms in total. The second-order valence-corrected chi connectivity index (χ2v) is 7.23.